The van der Waals surface area contributed by atoms with Crippen LogP contribution in [-0.4, -0.2) is 9.55 Å². The molecule has 0 fully saturated rings. The van der Waals surface area contributed by atoms with Gasteiger partial charge in [0.25, 0.3) is 5.56 Å². The van der Waals surface area contributed by atoms with Crippen LogP contribution >= 0.6 is 43.2 Å². The largest absolute Gasteiger partial charge is 0.375 e. The molecule has 2 N–H and O–H groups in total. The summed E-state index contributed by atoms with van der Waals surface area (Å²) in [6.07, 6.45) is 1.72. The molecule has 7 heteroatoms. The molecule has 0 saturated carbocycles. The van der Waals surface area contributed by atoms with Crippen LogP contribution < -0.4 is 11.3 Å². The maximum atomic E-state index is 11.8. The fourth-order valence-electron chi connectivity index (χ4n) is 1.25. The molecule has 0 bridgehead atoms. The fraction of sp³-hybridized carbons (Fsp3) is 0.111. The molecule has 0 aliphatic carbocycles. The van der Waals surface area contributed by atoms with Crippen LogP contribution in [0.5, 0.6) is 0 Å². The van der Waals surface area contributed by atoms with Crippen molar-refractivity contribution in [3.63, 3.8) is 0 Å². The first-order chi connectivity index (χ1) is 7.56. The molecule has 4 nitrogen and oxygen atoms in total. The van der Waals surface area contributed by atoms with Crippen LogP contribution in [0.25, 0.3) is 0 Å². The summed E-state index contributed by atoms with van der Waals surface area (Å²) in [6, 6.07) is 1.72. The Hall–Kier alpha value is -0.660. The highest BCUT2D eigenvalue weighted by molar-refractivity contribution is 9.11. The lowest BCUT2D eigenvalue weighted by Crippen LogP contribution is -2.20. The second kappa shape index (κ2) is 4.68. The zero-order valence-corrected chi connectivity index (χ0v) is 12.0. The lowest BCUT2D eigenvalue weighted by molar-refractivity contribution is 0.737. The van der Waals surface area contributed by atoms with E-state index in [0.29, 0.717) is 16.1 Å². The van der Waals surface area contributed by atoms with Gasteiger partial charge in [0.05, 0.1) is 16.7 Å². The summed E-state index contributed by atoms with van der Waals surface area (Å²) in [5.41, 5.74) is 6.23. The first-order valence-corrected chi connectivity index (χ1v) is 6.78. The summed E-state index contributed by atoms with van der Waals surface area (Å²) < 4.78 is 2.93. The molecule has 16 heavy (non-hydrogen) atoms. The summed E-state index contributed by atoms with van der Waals surface area (Å²) in [4.78, 5) is 15.9. The smallest absolute Gasteiger partial charge is 0.265 e. The number of thiazole rings is 1. The molecule has 0 unspecified atom stereocenters. The van der Waals surface area contributed by atoms with Gasteiger partial charge < -0.3 is 10.3 Å². The molecule has 0 aliphatic heterocycles. The van der Waals surface area contributed by atoms with E-state index < -0.39 is 0 Å². The number of halogens is 2. The minimum Gasteiger partial charge on any atom is -0.375 e. The van der Waals surface area contributed by atoms with Crippen LogP contribution in [0.3, 0.4) is 0 Å². The van der Waals surface area contributed by atoms with Crippen molar-refractivity contribution in [3.8, 4) is 0 Å². The van der Waals surface area contributed by atoms with Gasteiger partial charge in [-0.3, -0.25) is 4.79 Å². The second-order valence-electron chi connectivity index (χ2n) is 3.12. The van der Waals surface area contributed by atoms with Crippen molar-refractivity contribution in [1.29, 1.82) is 0 Å². The maximum absolute atomic E-state index is 11.8. The number of hydrogen-bond donors (Lipinski definition) is 1. The highest BCUT2D eigenvalue weighted by atomic mass is 79.9. The molecule has 2 aromatic rings. The first-order valence-electron chi connectivity index (χ1n) is 4.31. The van der Waals surface area contributed by atoms with Gasteiger partial charge in [-0.1, -0.05) is 0 Å². The van der Waals surface area contributed by atoms with E-state index in [-0.39, 0.29) is 5.56 Å². The third-order valence-electron chi connectivity index (χ3n) is 1.91. The fourth-order valence-corrected chi connectivity index (χ4v) is 3.06. The highest BCUT2D eigenvalue weighted by Gasteiger charge is 2.05. The van der Waals surface area contributed by atoms with Crippen LogP contribution in [0.1, 0.15) is 5.69 Å². The van der Waals surface area contributed by atoms with Gasteiger partial charge >= 0.3 is 0 Å². The zero-order valence-electron chi connectivity index (χ0n) is 7.98. The average Bonchev–Trinajstić information content (AvgIpc) is 2.60. The van der Waals surface area contributed by atoms with Gasteiger partial charge in [0, 0.05) is 16.0 Å². The molecule has 0 aliphatic rings. The van der Waals surface area contributed by atoms with Gasteiger partial charge in [-0.15, -0.1) is 11.3 Å². The van der Waals surface area contributed by atoms with E-state index in [9.17, 15) is 4.79 Å². The highest BCUT2D eigenvalue weighted by Crippen LogP contribution is 2.15. The average molecular weight is 365 g/mol. The Labute approximate surface area is 112 Å². The van der Waals surface area contributed by atoms with Crippen molar-refractivity contribution < 1.29 is 0 Å². The predicted octanol–water partition coefficient (Wildman–Crippen LogP) is 2.46. The monoisotopic (exact) mass is 363 g/mol. The predicted molar refractivity (Wildman–Crippen MR) is 71.7 cm³/mol. The molecule has 0 aromatic carbocycles. The lowest BCUT2D eigenvalue weighted by atomic mass is 10.4. The molecular formula is C9H7Br2N3OS. The first kappa shape index (κ1) is 11.8. The summed E-state index contributed by atoms with van der Waals surface area (Å²) in [5.74, 6) is 0. The summed E-state index contributed by atoms with van der Waals surface area (Å²) in [6.45, 7) is 0.421. The molecule has 2 heterocycles. The maximum Gasteiger partial charge on any atom is 0.265 e. The standard InChI is InChI=1S/C9H7Br2N3OS/c10-5-1-7(11)8(15)14(2-5)3-6-4-16-9(12)13-6/h1-2,4H,3H2,(H2,12,13). The SMILES string of the molecule is Nc1nc(Cn2cc(Br)cc(Br)c2=O)cs1. The summed E-state index contributed by atoms with van der Waals surface area (Å²) in [5, 5.41) is 2.36. The van der Waals surface area contributed by atoms with Gasteiger partial charge in [-0.2, -0.15) is 0 Å². The topological polar surface area (TPSA) is 60.9 Å². The number of anilines is 1. The van der Waals surface area contributed by atoms with E-state index >= 15 is 0 Å². The summed E-state index contributed by atoms with van der Waals surface area (Å²) >= 11 is 7.91. The molecule has 0 radical (unpaired) electrons. The Morgan fingerprint density at radius 3 is 2.88 bits per heavy atom. The van der Waals surface area contributed by atoms with Gasteiger partial charge in [-0.25, -0.2) is 4.98 Å². The third kappa shape index (κ3) is 2.53. The molecule has 84 valence electrons. The summed E-state index contributed by atoms with van der Waals surface area (Å²) in [7, 11) is 0. The van der Waals surface area contributed by atoms with Gasteiger partial charge in [-0.05, 0) is 37.9 Å². The van der Waals surface area contributed by atoms with E-state index in [1.165, 1.54) is 11.3 Å². The van der Waals surface area contributed by atoms with Crippen LogP contribution in [-0.2, 0) is 6.54 Å². The molecule has 2 rings (SSSR count). The van der Waals surface area contributed by atoms with Gasteiger partial charge in [0.15, 0.2) is 5.13 Å². The number of hydrogen-bond acceptors (Lipinski definition) is 4. The van der Waals surface area contributed by atoms with Crippen molar-refractivity contribution in [2.45, 2.75) is 6.54 Å². The molecule has 2 aromatic heterocycles. The van der Waals surface area contributed by atoms with Crippen LogP contribution in [0.2, 0.25) is 0 Å². The minimum atomic E-state index is -0.0882. The normalized spacial score (nSPS) is 10.6. The van der Waals surface area contributed by atoms with E-state index in [2.05, 4.69) is 36.8 Å². The number of nitrogens with zero attached hydrogens (tertiary/aromatic N) is 2. The Bertz CT molecular complexity index is 578. The van der Waals surface area contributed by atoms with Crippen molar-refractivity contribution in [2.75, 3.05) is 5.73 Å². The van der Waals surface area contributed by atoms with Crippen LogP contribution in [0.15, 0.2) is 31.4 Å². The van der Waals surface area contributed by atoms with Crippen molar-refractivity contribution in [1.82, 2.24) is 9.55 Å². The molecule has 0 amide bonds. The molecule has 0 spiro atoms. The molecule has 0 saturated heterocycles. The lowest BCUT2D eigenvalue weighted by Gasteiger charge is -2.04. The van der Waals surface area contributed by atoms with Crippen molar-refractivity contribution in [3.05, 3.63) is 42.6 Å². The van der Waals surface area contributed by atoms with E-state index in [4.69, 9.17) is 5.73 Å². The minimum absolute atomic E-state index is 0.0882. The quantitative estimate of drug-likeness (QED) is 0.890. The number of nitrogens with two attached hydrogens (primary N) is 1. The van der Waals surface area contributed by atoms with E-state index in [1.807, 2.05) is 5.38 Å². The molecule has 0 atom stereocenters. The Morgan fingerprint density at radius 1 is 1.50 bits per heavy atom. The number of rotatable bonds is 2. The van der Waals surface area contributed by atoms with Gasteiger partial charge in [0.1, 0.15) is 0 Å². The number of aromatic nitrogens is 2. The number of nitrogen functional groups attached to an aromatic ring is 1. The Kier molecular flexibility index (Phi) is 3.46. The Morgan fingerprint density at radius 2 is 2.25 bits per heavy atom. The zero-order chi connectivity index (χ0) is 11.7. The third-order valence-corrected chi connectivity index (χ3v) is 3.64. The number of pyridine rings is 1. The van der Waals surface area contributed by atoms with Crippen LogP contribution in [0.4, 0.5) is 5.13 Å². The second-order valence-corrected chi connectivity index (χ2v) is 5.78. The van der Waals surface area contributed by atoms with Gasteiger partial charge in [0.2, 0.25) is 0 Å². The van der Waals surface area contributed by atoms with Crippen LogP contribution in [0, 0.1) is 0 Å². The van der Waals surface area contributed by atoms with E-state index in [1.54, 1.807) is 16.8 Å². The Balaban J connectivity index is 2.38. The van der Waals surface area contributed by atoms with Crippen molar-refractivity contribution in [2.24, 2.45) is 0 Å². The van der Waals surface area contributed by atoms with E-state index in [0.717, 1.165) is 10.2 Å². The molecular weight excluding hydrogens is 358 g/mol. The van der Waals surface area contributed by atoms with Crippen molar-refractivity contribution >= 4 is 48.3 Å².